The molecule has 0 aliphatic carbocycles. The van der Waals surface area contributed by atoms with Crippen molar-refractivity contribution < 1.29 is 22.7 Å². The van der Waals surface area contributed by atoms with Crippen molar-refractivity contribution in [2.75, 3.05) is 36.4 Å². The van der Waals surface area contributed by atoms with Gasteiger partial charge in [0.2, 0.25) is 5.91 Å². The molecule has 0 spiro atoms. The number of hydrogen-bond acceptors (Lipinski definition) is 6. The van der Waals surface area contributed by atoms with Crippen molar-refractivity contribution >= 4 is 32.8 Å². The Morgan fingerprint density at radius 3 is 2.50 bits per heavy atom. The van der Waals surface area contributed by atoms with E-state index in [9.17, 15) is 13.2 Å². The molecule has 0 aromatic heterocycles. The third-order valence-electron chi connectivity index (χ3n) is 4.82. The second-order valence-electron chi connectivity index (χ2n) is 6.75. The molecule has 3 rings (SSSR count). The summed E-state index contributed by atoms with van der Waals surface area (Å²) in [6.07, 6.45) is 0.987. The van der Waals surface area contributed by atoms with Crippen LogP contribution in [0.25, 0.3) is 0 Å². The summed E-state index contributed by atoms with van der Waals surface area (Å²) in [6, 6.07) is 12.0. The van der Waals surface area contributed by atoms with Crippen LogP contribution >= 0.6 is 0 Å². The predicted octanol–water partition coefficient (Wildman–Crippen LogP) is 2.78. The first-order valence-electron chi connectivity index (χ1n) is 8.96. The summed E-state index contributed by atoms with van der Waals surface area (Å²) in [6.45, 7) is 0. The number of nitrogens with two attached hydrogens (primary N) is 1. The van der Waals surface area contributed by atoms with Crippen LogP contribution < -0.4 is 20.1 Å². The molecule has 1 saturated heterocycles. The highest BCUT2D eigenvalue weighted by Crippen LogP contribution is 2.37. The molecule has 150 valence electrons. The minimum Gasteiger partial charge on any atom is -0.497 e. The van der Waals surface area contributed by atoms with Crippen LogP contribution in [0.1, 0.15) is 12.8 Å². The Balaban J connectivity index is 2.10. The number of anilines is 3. The van der Waals surface area contributed by atoms with Crippen molar-refractivity contribution in [3.63, 3.8) is 0 Å². The van der Waals surface area contributed by atoms with Gasteiger partial charge in [0.05, 0.1) is 48.7 Å². The second-order valence-corrected chi connectivity index (χ2v) is 8.98. The first-order chi connectivity index (χ1) is 13.3. The number of carbonyl (C=O) groups is 1. The molecule has 0 saturated carbocycles. The molecule has 1 atom stereocenters. The number of nitrogen functional groups attached to an aromatic ring is 1. The van der Waals surface area contributed by atoms with Gasteiger partial charge < -0.3 is 15.2 Å². The number of nitrogens with zero attached hydrogens (tertiary/aromatic N) is 1. The van der Waals surface area contributed by atoms with Gasteiger partial charge in [-0.25, -0.2) is 8.42 Å². The third-order valence-corrected chi connectivity index (χ3v) is 6.64. The fourth-order valence-corrected chi connectivity index (χ4v) is 5.07. The van der Waals surface area contributed by atoms with Gasteiger partial charge in [-0.05, 0) is 37.1 Å². The molecular weight excluding hydrogens is 380 g/mol. The molecule has 1 amide bonds. The third kappa shape index (κ3) is 4.22. The van der Waals surface area contributed by atoms with E-state index in [1.165, 1.54) is 12.0 Å². The number of benzene rings is 2. The lowest BCUT2D eigenvalue weighted by Gasteiger charge is -2.30. The van der Waals surface area contributed by atoms with E-state index in [2.05, 4.69) is 0 Å². The maximum Gasteiger partial charge on any atom is 0.235 e. The van der Waals surface area contributed by atoms with Gasteiger partial charge in [0.1, 0.15) is 11.5 Å². The molecule has 2 N–H and O–H groups in total. The van der Waals surface area contributed by atoms with Crippen molar-refractivity contribution in [3.05, 3.63) is 42.5 Å². The van der Waals surface area contributed by atoms with E-state index < -0.39 is 15.8 Å². The number of methoxy groups -OCH3 is 2. The van der Waals surface area contributed by atoms with Crippen molar-refractivity contribution in [2.45, 2.75) is 12.8 Å². The Kier molecular flexibility index (Phi) is 5.79. The standard InChI is InChI=1S/C20H24N2O5S/c1-26-16-7-3-6-15(11-16)22(19-12-17(27-2)8-9-18(19)21)20(23)14-5-4-10-28(24,25)13-14/h3,6-9,11-12,14H,4-5,10,13,21H2,1-2H3. The number of hydrogen-bond donors (Lipinski definition) is 1. The number of sulfone groups is 1. The zero-order chi connectivity index (χ0) is 20.3. The number of ether oxygens (including phenoxy) is 2. The highest BCUT2D eigenvalue weighted by Gasteiger charge is 2.34. The molecule has 1 unspecified atom stereocenters. The number of amides is 1. The smallest absolute Gasteiger partial charge is 0.235 e. The van der Waals surface area contributed by atoms with Gasteiger partial charge in [0, 0.05) is 12.1 Å². The molecule has 0 bridgehead atoms. The minimum absolute atomic E-state index is 0.122. The average molecular weight is 404 g/mol. The zero-order valence-corrected chi connectivity index (χ0v) is 16.7. The van der Waals surface area contributed by atoms with Gasteiger partial charge in [-0.2, -0.15) is 0 Å². The Labute approximate surface area is 165 Å². The van der Waals surface area contributed by atoms with Crippen LogP contribution in [0.15, 0.2) is 42.5 Å². The van der Waals surface area contributed by atoms with E-state index in [1.807, 2.05) is 0 Å². The quantitative estimate of drug-likeness (QED) is 0.770. The van der Waals surface area contributed by atoms with Crippen LogP contribution in [0.2, 0.25) is 0 Å². The Bertz CT molecular complexity index is 974. The van der Waals surface area contributed by atoms with E-state index in [1.54, 1.807) is 49.6 Å². The van der Waals surface area contributed by atoms with Crippen LogP contribution in [0.5, 0.6) is 11.5 Å². The van der Waals surface area contributed by atoms with Gasteiger partial charge in [-0.15, -0.1) is 0 Å². The van der Waals surface area contributed by atoms with Crippen molar-refractivity contribution in [1.82, 2.24) is 0 Å². The summed E-state index contributed by atoms with van der Waals surface area (Å²) >= 11 is 0. The first kappa shape index (κ1) is 20.0. The average Bonchev–Trinajstić information content (AvgIpc) is 2.69. The van der Waals surface area contributed by atoms with Crippen LogP contribution in [0.3, 0.4) is 0 Å². The largest absolute Gasteiger partial charge is 0.497 e. The summed E-state index contributed by atoms with van der Waals surface area (Å²) < 4.78 is 34.8. The highest BCUT2D eigenvalue weighted by molar-refractivity contribution is 7.91. The Hall–Kier alpha value is -2.74. The predicted molar refractivity (Wildman–Crippen MR) is 109 cm³/mol. The van der Waals surface area contributed by atoms with Gasteiger partial charge in [0.25, 0.3) is 0 Å². The minimum atomic E-state index is -3.24. The fourth-order valence-electron chi connectivity index (χ4n) is 3.38. The lowest BCUT2D eigenvalue weighted by atomic mass is 10.0. The highest BCUT2D eigenvalue weighted by atomic mass is 32.2. The van der Waals surface area contributed by atoms with Crippen LogP contribution in [-0.2, 0) is 14.6 Å². The molecule has 1 heterocycles. The monoisotopic (exact) mass is 404 g/mol. The molecule has 8 heteroatoms. The summed E-state index contributed by atoms with van der Waals surface area (Å²) in [7, 11) is -0.170. The van der Waals surface area contributed by atoms with E-state index in [0.29, 0.717) is 41.4 Å². The van der Waals surface area contributed by atoms with Crippen molar-refractivity contribution in [3.8, 4) is 11.5 Å². The maximum atomic E-state index is 13.5. The van der Waals surface area contributed by atoms with Crippen LogP contribution in [-0.4, -0.2) is 40.1 Å². The number of rotatable bonds is 5. The molecular formula is C20H24N2O5S. The number of carbonyl (C=O) groups excluding carboxylic acids is 1. The maximum absolute atomic E-state index is 13.5. The van der Waals surface area contributed by atoms with Crippen LogP contribution in [0.4, 0.5) is 17.1 Å². The van der Waals surface area contributed by atoms with Gasteiger partial charge in [-0.3, -0.25) is 9.69 Å². The Morgan fingerprint density at radius 1 is 1.11 bits per heavy atom. The van der Waals surface area contributed by atoms with Crippen molar-refractivity contribution in [2.24, 2.45) is 5.92 Å². The second kappa shape index (κ2) is 8.10. The molecule has 7 nitrogen and oxygen atoms in total. The van der Waals surface area contributed by atoms with E-state index in [-0.39, 0.29) is 17.4 Å². The van der Waals surface area contributed by atoms with E-state index in [4.69, 9.17) is 15.2 Å². The van der Waals surface area contributed by atoms with E-state index >= 15 is 0 Å². The summed E-state index contributed by atoms with van der Waals surface area (Å²) in [5, 5.41) is 0. The lowest BCUT2D eigenvalue weighted by Crippen LogP contribution is -2.39. The van der Waals surface area contributed by atoms with Gasteiger partial charge >= 0.3 is 0 Å². The molecule has 2 aromatic rings. The summed E-state index contributed by atoms with van der Waals surface area (Å²) in [5.74, 6) is 0.147. The van der Waals surface area contributed by atoms with Crippen LogP contribution in [0, 0.1) is 5.92 Å². The van der Waals surface area contributed by atoms with Crippen molar-refractivity contribution in [1.29, 1.82) is 0 Å². The Morgan fingerprint density at radius 2 is 1.82 bits per heavy atom. The fraction of sp³-hybridized carbons (Fsp3) is 0.350. The van der Waals surface area contributed by atoms with Gasteiger partial charge in [-0.1, -0.05) is 6.07 Å². The summed E-state index contributed by atoms with van der Waals surface area (Å²) in [4.78, 5) is 14.9. The molecule has 1 aliphatic heterocycles. The SMILES string of the molecule is COc1cccc(N(C(=O)C2CCCS(=O)(=O)C2)c2cc(OC)ccc2N)c1. The first-order valence-corrected chi connectivity index (χ1v) is 10.8. The summed E-state index contributed by atoms with van der Waals surface area (Å²) in [5.41, 5.74) is 7.55. The molecule has 1 fully saturated rings. The van der Waals surface area contributed by atoms with Gasteiger partial charge in [0.15, 0.2) is 9.84 Å². The molecule has 28 heavy (non-hydrogen) atoms. The lowest BCUT2D eigenvalue weighted by molar-refractivity contribution is -0.121. The molecule has 0 radical (unpaired) electrons. The molecule has 2 aromatic carbocycles. The van der Waals surface area contributed by atoms with E-state index in [0.717, 1.165) is 0 Å². The topological polar surface area (TPSA) is 98.9 Å². The normalized spacial score (nSPS) is 18.3. The molecule has 1 aliphatic rings. The zero-order valence-electron chi connectivity index (χ0n) is 15.9.